The summed E-state index contributed by atoms with van der Waals surface area (Å²) in [6.07, 6.45) is 1.97. The van der Waals surface area contributed by atoms with Gasteiger partial charge in [0, 0.05) is 18.5 Å². The van der Waals surface area contributed by atoms with E-state index in [-0.39, 0.29) is 5.69 Å². The van der Waals surface area contributed by atoms with E-state index in [1.165, 1.54) is 0 Å². The maximum Gasteiger partial charge on any atom is 0.356 e. The van der Waals surface area contributed by atoms with Crippen LogP contribution >= 0.6 is 11.8 Å². The van der Waals surface area contributed by atoms with Gasteiger partial charge in [-0.15, -0.1) is 0 Å². The Kier molecular flexibility index (Phi) is 2.75. The monoisotopic (exact) mass is 186 g/mol. The minimum Gasteiger partial charge on any atom is -0.476 e. The van der Waals surface area contributed by atoms with Crippen molar-refractivity contribution in [1.29, 1.82) is 0 Å². The maximum absolute atomic E-state index is 10.5. The summed E-state index contributed by atoms with van der Waals surface area (Å²) in [6, 6.07) is 1.60. The lowest BCUT2D eigenvalue weighted by Gasteiger charge is -1.95. The highest BCUT2D eigenvalue weighted by atomic mass is 32.2. The van der Waals surface area contributed by atoms with Gasteiger partial charge in [0.05, 0.1) is 0 Å². The van der Waals surface area contributed by atoms with Crippen LogP contribution in [0.15, 0.2) is 6.07 Å². The molecule has 1 aromatic heterocycles. The largest absolute Gasteiger partial charge is 0.476 e. The van der Waals surface area contributed by atoms with Crippen LogP contribution < -0.4 is 0 Å². The fraction of sp³-hybridized carbons (Fsp3) is 0.429. The highest BCUT2D eigenvalue weighted by Crippen LogP contribution is 2.09. The third kappa shape index (κ3) is 1.79. The second kappa shape index (κ2) is 3.62. The normalized spacial score (nSPS) is 10.2. The Morgan fingerprint density at radius 3 is 2.92 bits per heavy atom. The first-order valence-electron chi connectivity index (χ1n) is 3.40. The molecule has 0 fully saturated rings. The van der Waals surface area contributed by atoms with Gasteiger partial charge in [-0.1, -0.05) is 0 Å². The Hall–Kier alpha value is -0.970. The van der Waals surface area contributed by atoms with E-state index in [0.717, 1.165) is 11.4 Å². The lowest BCUT2D eigenvalue weighted by molar-refractivity contribution is 0.0689. The number of aromatic nitrogens is 2. The van der Waals surface area contributed by atoms with Crippen molar-refractivity contribution in [2.45, 2.75) is 5.75 Å². The number of carboxylic acids is 1. The van der Waals surface area contributed by atoms with Crippen molar-refractivity contribution >= 4 is 17.7 Å². The number of aromatic carboxylic acids is 1. The lowest BCUT2D eigenvalue weighted by Crippen LogP contribution is -1.99. The molecule has 1 aromatic rings. The maximum atomic E-state index is 10.5. The van der Waals surface area contributed by atoms with Crippen LogP contribution in [0.25, 0.3) is 0 Å². The van der Waals surface area contributed by atoms with Gasteiger partial charge in [-0.2, -0.15) is 16.9 Å². The smallest absolute Gasteiger partial charge is 0.356 e. The van der Waals surface area contributed by atoms with Crippen LogP contribution in [0, 0.1) is 0 Å². The first-order valence-corrected chi connectivity index (χ1v) is 4.79. The van der Waals surface area contributed by atoms with E-state index in [2.05, 4.69) is 5.10 Å². The topological polar surface area (TPSA) is 55.1 Å². The molecule has 0 saturated carbocycles. The van der Waals surface area contributed by atoms with E-state index >= 15 is 0 Å². The van der Waals surface area contributed by atoms with Crippen LogP contribution in [-0.4, -0.2) is 27.1 Å². The second-order valence-electron chi connectivity index (χ2n) is 2.38. The van der Waals surface area contributed by atoms with Gasteiger partial charge in [-0.3, -0.25) is 4.68 Å². The van der Waals surface area contributed by atoms with Crippen molar-refractivity contribution in [2.24, 2.45) is 7.05 Å². The number of rotatable bonds is 3. The standard InChI is InChI=1S/C7H10N2O2S/c1-9-5(4-12-2)3-6(8-9)7(10)11/h3H,4H2,1-2H3,(H,10,11). The molecule has 1 heterocycles. The molecule has 0 aliphatic heterocycles. The number of carboxylic acid groups (broad SMARTS) is 1. The molecule has 4 nitrogen and oxygen atoms in total. The molecule has 66 valence electrons. The molecular weight excluding hydrogens is 176 g/mol. The minimum atomic E-state index is -0.974. The van der Waals surface area contributed by atoms with Gasteiger partial charge < -0.3 is 5.11 Å². The van der Waals surface area contributed by atoms with E-state index in [1.54, 1.807) is 29.6 Å². The van der Waals surface area contributed by atoms with Crippen LogP contribution in [0.3, 0.4) is 0 Å². The van der Waals surface area contributed by atoms with Crippen molar-refractivity contribution in [2.75, 3.05) is 6.26 Å². The SMILES string of the molecule is CSCc1cc(C(=O)O)nn1C. The van der Waals surface area contributed by atoms with E-state index in [9.17, 15) is 4.79 Å². The molecule has 0 bridgehead atoms. The molecule has 1 rings (SSSR count). The number of thioether (sulfide) groups is 1. The summed E-state index contributed by atoms with van der Waals surface area (Å²) >= 11 is 1.64. The van der Waals surface area contributed by atoms with E-state index in [4.69, 9.17) is 5.11 Å². The fourth-order valence-electron chi connectivity index (χ4n) is 0.893. The van der Waals surface area contributed by atoms with E-state index in [0.29, 0.717) is 0 Å². The molecule has 12 heavy (non-hydrogen) atoms. The highest BCUT2D eigenvalue weighted by Gasteiger charge is 2.09. The zero-order chi connectivity index (χ0) is 9.14. The number of aryl methyl sites for hydroxylation is 1. The number of carbonyl (C=O) groups is 1. The zero-order valence-electron chi connectivity index (χ0n) is 6.94. The van der Waals surface area contributed by atoms with Gasteiger partial charge in [0.15, 0.2) is 5.69 Å². The molecule has 0 amide bonds. The first kappa shape index (κ1) is 9.12. The Balaban J connectivity index is 2.92. The summed E-state index contributed by atoms with van der Waals surface area (Å²) in [7, 11) is 1.75. The quantitative estimate of drug-likeness (QED) is 0.764. The van der Waals surface area contributed by atoms with Crippen molar-refractivity contribution in [3.05, 3.63) is 17.5 Å². The van der Waals surface area contributed by atoms with Crippen LogP contribution in [0.1, 0.15) is 16.2 Å². The van der Waals surface area contributed by atoms with E-state index < -0.39 is 5.97 Å². The second-order valence-corrected chi connectivity index (χ2v) is 3.25. The molecule has 0 unspecified atom stereocenters. The van der Waals surface area contributed by atoms with Gasteiger partial charge in [0.25, 0.3) is 0 Å². The van der Waals surface area contributed by atoms with Crippen molar-refractivity contribution in [3.63, 3.8) is 0 Å². The Morgan fingerprint density at radius 1 is 1.83 bits per heavy atom. The summed E-state index contributed by atoms with van der Waals surface area (Å²) in [5.74, 6) is -0.186. The number of hydrogen-bond acceptors (Lipinski definition) is 3. The molecule has 0 spiro atoms. The average molecular weight is 186 g/mol. The van der Waals surface area contributed by atoms with Crippen LogP contribution in [0.2, 0.25) is 0 Å². The summed E-state index contributed by atoms with van der Waals surface area (Å²) in [6.45, 7) is 0. The van der Waals surface area contributed by atoms with Crippen molar-refractivity contribution in [3.8, 4) is 0 Å². The summed E-state index contributed by atoms with van der Waals surface area (Å²) < 4.78 is 1.60. The Morgan fingerprint density at radius 2 is 2.50 bits per heavy atom. The highest BCUT2D eigenvalue weighted by molar-refractivity contribution is 7.97. The Bertz CT molecular complexity index is 296. The minimum absolute atomic E-state index is 0.113. The van der Waals surface area contributed by atoms with Gasteiger partial charge in [0.1, 0.15) is 0 Å². The van der Waals surface area contributed by atoms with Crippen LogP contribution in [-0.2, 0) is 12.8 Å². The molecule has 1 N–H and O–H groups in total. The molecule has 0 aliphatic rings. The molecule has 5 heteroatoms. The number of hydrogen-bond donors (Lipinski definition) is 1. The molecule has 0 radical (unpaired) electrons. The third-order valence-corrected chi connectivity index (χ3v) is 2.07. The van der Waals surface area contributed by atoms with Crippen molar-refractivity contribution in [1.82, 2.24) is 9.78 Å². The molecule has 0 aliphatic carbocycles. The van der Waals surface area contributed by atoms with E-state index in [1.807, 2.05) is 6.26 Å². The lowest BCUT2D eigenvalue weighted by atomic mass is 10.4. The third-order valence-electron chi connectivity index (χ3n) is 1.49. The summed E-state index contributed by atoms with van der Waals surface area (Å²) in [5.41, 5.74) is 1.04. The zero-order valence-corrected chi connectivity index (χ0v) is 7.76. The van der Waals surface area contributed by atoms with Gasteiger partial charge >= 0.3 is 5.97 Å². The molecule has 0 aromatic carbocycles. The predicted octanol–water partition coefficient (Wildman–Crippen LogP) is 0.981. The van der Waals surface area contributed by atoms with Crippen LogP contribution in [0.5, 0.6) is 0 Å². The van der Waals surface area contributed by atoms with Crippen LogP contribution in [0.4, 0.5) is 0 Å². The molecule has 0 saturated heterocycles. The van der Waals surface area contributed by atoms with Crippen molar-refractivity contribution < 1.29 is 9.90 Å². The predicted molar refractivity (Wildman–Crippen MR) is 47.4 cm³/mol. The summed E-state index contributed by atoms with van der Waals surface area (Å²) in [4.78, 5) is 10.5. The van der Waals surface area contributed by atoms with Gasteiger partial charge in [-0.25, -0.2) is 4.79 Å². The number of nitrogens with zero attached hydrogens (tertiary/aromatic N) is 2. The molecule has 0 atom stereocenters. The van der Waals surface area contributed by atoms with Gasteiger partial charge in [0.2, 0.25) is 0 Å². The van der Waals surface area contributed by atoms with Gasteiger partial charge in [-0.05, 0) is 12.3 Å². The Labute approximate surface area is 74.6 Å². The first-order chi connectivity index (χ1) is 5.65. The summed E-state index contributed by atoms with van der Waals surface area (Å²) in [5, 5.41) is 12.4. The molecular formula is C7H10N2O2S. The fourth-order valence-corrected chi connectivity index (χ4v) is 1.46. The average Bonchev–Trinajstić information content (AvgIpc) is 2.34.